The van der Waals surface area contributed by atoms with Crippen molar-refractivity contribution in [2.24, 2.45) is 0 Å². The number of pyridine rings is 1. The molecule has 18 heavy (non-hydrogen) atoms. The fourth-order valence-corrected chi connectivity index (χ4v) is 3.03. The van der Waals surface area contributed by atoms with Crippen LogP contribution in [0.5, 0.6) is 0 Å². The second kappa shape index (κ2) is 7.11. The third-order valence-electron chi connectivity index (χ3n) is 2.75. The van der Waals surface area contributed by atoms with Crippen LogP contribution in [0.3, 0.4) is 0 Å². The number of thioether (sulfide) groups is 1. The van der Waals surface area contributed by atoms with Gasteiger partial charge in [-0.2, -0.15) is 0 Å². The summed E-state index contributed by atoms with van der Waals surface area (Å²) >= 11 is 5.06. The first-order valence-electron chi connectivity index (χ1n) is 5.54. The number of likely N-dealkylation sites (N-methyl/N-ethyl adjacent to an activating group) is 1. The topological polar surface area (TPSA) is 51.2 Å². The van der Waals surface area contributed by atoms with Gasteiger partial charge in [0.2, 0.25) is 0 Å². The predicted molar refractivity (Wildman–Crippen MR) is 76.8 cm³/mol. The second-order valence-corrected chi connectivity index (χ2v) is 5.90. The fourth-order valence-electron chi connectivity index (χ4n) is 1.38. The summed E-state index contributed by atoms with van der Waals surface area (Å²) in [4.78, 5) is 15.9. The van der Waals surface area contributed by atoms with Gasteiger partial charge in [0.25, 0.3) is 0 Å². The molecule has 1 unspecified atom stereocenters. The number of methoxy groups -OCH3 is 1. The molecule has 0 spiro atoms. The van der Waals surface area contributed by atoms with Crippen LogP contribution in [0.2, 0.25) is 0 Å². The van der Waals surface area contributed by atoms with Crippen LogP contribution < -0.4 is 5.32 Å². The fraction of sp³-hybridized carbons (Fsp3) is 0.500. The van der Waals surface area contributed by atoms with Crippen molar-refractivity contribution < 1.29 is 9.53 Å². The summed E-state index contributed by atoms with van der Waals surface area (Å²) in [6.07, 6.45) is 2.43. The lowest BCUT2D eigenvalue weighted by molar-refractivity contribution is -0.147. The van der Waals surface area contributed by atoms with Crippen LogP contribution in [0, 0.1) is 0 Å². The third-order valence-corrected chi connectivity index (χ3v) is 4.66. The molecule has 1 aromatic rings. The van der Waals surface area contributed by atoms with Crippen LogP contribution in [-0.2, 0) is 9.53 Å². The number of aromatic nitrogens is 1. The highest BCUT2D eigenvalue weighted by atomic mass is 79.9. The van der Waals surface area contributed by atoms with E-state index < -0.39 is 5.54 Å². The van der Waals surface area contributed by atoms with Crippen LogP contribution in [0.1, 0.15) is 13.3 Å². The molecule has 0 amide bonds. The predicted octanol–water partition coefficient (Wildman–Crippen LogP) is 2.48. The molecule has 100 valence electrons. The van der Waals surface area contributed by atoms with Crippen LogP contribution in [0.25, 0.3) is 0 Å². The number of nitrogens with zero attached hydrogens (tertiary/aromatic N) is 1. The summed E-state index contributed by atoms with van der Waals surface area (Å²) in [6.45, 7) is 1.84. The van der Waals surface area contributed by atoms with Gasteiger partial charge < -0.3 is 10.1 Å². The molecule has 0 bridgehead atoms. The van der Waals surface area contributed by atoms with E-state index in [1.54, 1.807) is 25.0 Å². The zero-order valence-corrected chi connectivity index (χ0v) is 13.1. The Morgan fingerprint density at radius 2 is 2.39 bits per heavy atom. The Hall–Kier alpha value is -0.590. The summed E-state index contributed by atoms with van der Waals surface area (Å²) in [5, 5.41) is 3.94. The highest BCUT2D eigenvalue weighted by Gasteiger charge is 2.31. The van der Waals surface area contributed by atoms with Gasteiger partial charge in [0.15, 0.2) is 0 Å². The molecule has 0 aliphatic carbocycles. The highest BCUT2D eigenvalue weighted by molar-refractivity contribution is 9.10. The first kappa shape index (κ1) is 15.5. The van der Waals surface area contributed by atoms with Crippen molar-refractivity contribution >= 4 is 33.7 Å². The van der Waals surface area contributed by atoms with Gasteiger partial charge in [0.05, 0.1) is 7.11 Å². The molecule has 0 aromatic carbocycles. The number of hydrogen-bond donors (Lipinski definition) is 1. The molecule has 0 saturated heterocycles. The Kier molecular flexibility index (Phi) is 6.11. The third kappa shape index (κ3) is 3.96. The van der Waals surface area contributed by atoms with E-state index in [1.807, 2.05) is 19.1 Å². The lowest BCUT2D eigenvalue weighted by Gasteiger charge is -2.25. The molecule has 1 heterocycles. The summed E-state index contributed by atoms with van der Waals surface area (Å²) in [5.74, 6) is 0.535. The van der Waals surface area contributed by atoms with Crippen molar-refractivity contribution in [3.63, 3.8) is 0 Å². The number of nitrogens with one attached hydrogen (secondary N) is 1. The minimum Gasteiger partial charge on any atom is -0.468 e. The van der Waals surface area contributed by atoms with Crippen molar-refractivity contribution in [3.05, 3.63) is 22.8 Å². The average molecular weight is 333 g/mol. The van der Waals surface area contributed by atoms with Gasteiger partial charge in [0.1, 0.15) is 10.6 Å². The minimum atomic E-state index is -0.650. The number of rotatable bonds is 6. The van der Waals surface area contributed by atoms with E-state index >= 15 is 0 Å². The van der Waals surface area contributed by atoms with Gasteiger partial charge in [-0.05, 0) is 48.5 Å². The normalized spacial score (nSPS) is 14.0. The summed E-state index contributed by atoms with van der Waals surface area (Å²) < 4.78 is 5.77. The molecular formula is C12H17BrN2O2S. The molecule has 4 nitrogen and oxygen atoms in total. The molecule has 1 rings (SSSR count). The van der Waals surface area contributed by atoms with E-state index in [0.29, 0.717) is 6.42 Å². The zero-order chi connectivity index (χ0) is 13.6. The summed E-state index contributed by atoms with van der Waals surface area (Å²) in [7, 11) is 3.17. The molecule has 1 atom stereocenters. The van der Waals surface area contributed by atoms with Gasteiger partial charge in [-0.1, -0.05) is 0 Å². The molecular weight excluding hydrogens is 316 g/mol. The van der Waals surface area contributed by atoms with Gasteiger partial charge in [-0.25, -0.2) is 4.98 Å². The average Bonchev–Trinajstić information content (AvgIpc) is 2.39. The molecule has 0 aliphatic rings. The number of halogens is 1. The standard InChI is InChI=1S/C12H17BrN2O2S/c1-12(14-2,11(16)17-3)6-8-18-10-9(13)5-4-7-15-10/h4-5,7,14H,6,8H2,1-3H3. The molecule has 0 radical (unpaired) electrons. The SMILES string of the molecule is CNC(C)(CCSc1ncccc1Br)C(=O)OC. The van der Waals surface area contributed by atoms with Gasteiger partial charge in [0, 0.05) is 16.4 Å². The number of carbonyl (C=O) groups excluding carboxylic acids is 1. The van der Waals surface area contributed by atoms with Gasteiger partial charge in [-0.3, -0.25) is 4.79 Å². The first-order valence-corrected chi connectivity index (χ1v) is 7.32. The quantitative estimate of drug-likeness (QED) is 0.640. The van der Waals surface area contributed by atoms with Gasteiger partial charge in [-0.15, -0.1) is 11.8 Å². The van der Waals surface area contributed by atoms with E-state index in [2.05, 4.69) is 26.2 Å². The first-order chi connectivity index (χ1) is 8.53. The molecule has 0 saturated carbocycles. The van der Waals surface area contributed by atoms with Crippen molar-refractivity contribution in [3.8, 4) is 0 Å². The highest BCUT2D eigenvalue weighted by Crippen LogP contribution is 2.26. The Labute approximate surface area is 120 Å². The van der Waals surface area contributed by atoms with Crippen molar-refractivity contribution in [2.45, 2.75) is 23.9 Å². The van der Waals surface area contributed by atoms with Crippen molar-refractivity contribution in [1.29, 1.82) is 0 Å². The maximum absolute atomic E-state index is 11.7. The van der Waals surface area contributed by atoms with Crippen LogP contribution in [0.15, 0.2) is 27.8 Å². The van der Waals surface area contributed by atoms with E-state index in [4.69, 9.17) is 4.74 Å². The number of ether oxygens (including phenoxy) is 1. The van der Waals surface area contributed by atoms with E-state index in [9.17, 15) is 4.79 Å². The molecule has 1 N–H and O–H groups in total. The Morgan fingerprint density at radius 1 is 1.67 bits per heavy atom. The second-order valence-electron chi connectivity index (χ2n) is 3.96. The monoisotopic (exact) mass is 332 g/mol. The lowest BCUT2D eigenvalue weighted by Crippen LogP contribution is -2.48. The van der Waals surface area contributed by atoms with E-state index in [1.165, 1.54) is 7.11 Å². The number of esters is 1. The summed E-state index contributed by atoms with van der Waals surface area (Å²) in [5.41, 5.74) is -0.650. The van der Waals surface area contributed by atoms with Crippen molar-refractivity contribution in [1.82, 2.24) is 10.3 Å². The minimum absolute atomic E-state index is 0.245. The van der Waals surface area contributed by atoms with Crippen LogP contribution in [-0.4, -0.2) is 36.4 Å². The molecule has 1 aromatic heterocycles. The maximum atomic E-state index is 11.7. The largest absolute Gasteiger partial charge is 0.468 e. The van der Waals surface area contributed by atoms with Crippen LogP contribution >= 0.6 is 27.7 Å². The summed E-state index contributed by atoms with van der Waals surface area (Å²) in [6, 6.07) is 3.83. The van der Waals surface area contributed by atoms with Crippen molar-refractivity contribution in [2.75, 3.05) is 19.9 Å². The number of carbonyl (C=O) groups is 1. The Bertz CT molecular complexity index is 417. The lowest BCUT2D eigenvalue weighted by atomic mass is 10.00. The smallest absolute Gasteiger partial charge is 0.325 e. The molecule has 0 fully saturated rings. The number of hydrogen-bond acceptors (Lipinski definition) is 5. The maximum Gasteiger partial charge on any atom is 0.325 e. The Morgan fingerprint density at radius 3 is 2.94 bits per heavy atom. The van der Waals surface area contributed by atoms with Gasteiger partial charge >= 0.3 is 5.97 Å². The molecule has 6 heteroatoms. The van der Waals surface area contributed by atoms with E-state index in [-0.39, 0.29) is 5.97 Å². The van der Waals surface area contributed by atoms with Crippen LogP contribution in [0.4, 0.5) is 0 Å². The van der Waals surface area contributed by atoms with E-state index in [0.717, 1.165) is 15.3 Å². The zero-order valence-electron chi connectivity index (χ0n) is 10.7. The molecule has 0 aliphatic heterocycles. The Balaban J connectivity index is 2.55.